The molecule has 0 aromatic rings. The molecule has 3 heteroatoms. The van der Waals surface area contributed by atoms with E-state index in [-0.39, 0.29) is 5.92 Å². The summed E-state index contributed by atoms with van der Waals surface area (Å²) in [6.07, 6.45) is 4.53. The van der Waals surface area contributed by atoms with Crippen LogP contribution in [0.1, 0.15) is 39.5 Å². The summed E-state index contributed by atoms with van der Waals surface area (Å²) in [6.45, 7) is 7.31. The zero-order valence-corrected chi connectivity index (χ0v) is 10.5. The van der Waals surface area contributed by atoms with Crippen LogP contribution in [0.2, 0.25) is 0 Å². The lowest BCUT2D eigenvalue weighted by Gasteiger charge is -2.24. The predicted molar refractivity (Wildman–Crippen MR) is 65.2 cm³/mol. The Morgan fingerprint density at radius 1 is 1.38 bits per heavy atom. The first kappa shape index (κ1) is 11.9. The predicted octanol–water partition coefficient (Wildman–Crippen LogP) is 1.63. The van der Waals surface area contributed by atoms with Gasteiger partial charge >= 0.3 is 0 Å². The van der Waals surface area contributed by atoms with Crippen LogP contribution in [0.5, 0.6) is 0 Å². The van der Waals surface area contributed by atoms with Gasteiger partial charge in [-0.05, 0) is 38.1 Å². The van der Waals surface area contributed by atoms with Crippen LogP contribution in [0.4, 0.5) is 0 Å². The molecule has 0 unspecified atom stereocenters. The maximum absolute atomic E-state index is 12.2. The topological polar surface area (TPSA) is 32.3 Å². The fourth-order valence-electron chi connectivity index (χ4n) is 3.12. The Balaban J connectivity index is 1.94. The average Bonchev–Trinajstić information content (AvgIpc) is 2.74. The van der Waals surface area contributed by atoms with Gasteiger partial charge in [0, 0.05) is 25.0 Å². The fraction of sp³-hybridized carbons (Fsp3) is 0.923. The summed E-state index contributed by atoms with van der Waals surface area (Å²) in [5.41, 5.74) is 0. The van der Waals surface area contributed by atoms with Crippen molar-refractivity contribution in [3.63, 3.8) is 0 Å². The summed E-state index contributed by atoms with van der Waals surface area (Å²) < 4.78 is 0. The van der Waals surface area contributed by atoms with Crippen molar-refractivity contribution in [2.24, 2.45) is 11.8 Å². The van der Waals surface area contributed by atoms with Crippen molar-refractivity contribution in [1.82, 2.24) is 10.2 Å². The molecular formula is C13H24N2O. The minimum Gasteiger partial charge on any atom is -0.341 e. The Kier molecular flexibility index (Phi) is 3.85. The van der Waals surface area contributed by atoms with Crippen molar-refractivity contribution >= 4 is 5.91 Å². The first-order valence-corrected chi connectivity index (χ1v) is 6.78. The van der Waals surface area contributed by atoms with Crippen molar-refractivity contribution in [2.45, 2.75) is 45.6 Å². The van der Waals surface area contributed by atoms with Crippen LogP contribution in [0.15, 0.2) is 0 Å². The van der Waals surface area contributed by atoms with E-state index in [0.717, 1.165) is 32.5 Å². The molecule has 2 rings (SSSR count). The Hall–Kier alpha value is -0.570. The SMILES string of the molecule is CCC(CC)C(=O)N1C[C@@H]2CCCN[C@@H]2C1. The van der Waals surface area contributed by atoms with Gasteiger partial charge in [-0.25, -0.2) is 0 Å². The van der Waals surface area contributed by atoms with Crippen LogP contribution < -0.4 is 5.32 Å². The van der Waals surface area contributed by atoms with E-state index in [1.807, 2.05) is 0 Å². The number of likely N-dealkylation sites (tertiary alicyclic amines) is 1. The molecule has 2 heterocycles. The third kappa shape index (κ3) is 2.24. The monoisotopic (exact) mass is 224 g/mol. The van der Waals surface area contributed by atoms with E-state index in [1.165, 1.54) is 12.8 Å². The minimum absolute atomic E-state index is 0.250. The molecule has 0 radical (unpaired) electrons. The molecule has 0 aromatic heterocycles. The molecule has 0 spiro atoms. The molecule has 0 bridgehead atoms. The molecule has 0 saturated carbocycles. The van der Waals surface area contributed by atoms with Gasteiger partial charge in [-0.3, -0.25) is 4.79 Å². The Labute approximate surface area is 98.6 Å². The molecule has 0 aromatic carbocycles. The second-order valence-electron chi connectivity index (χ2n) is 5.22. The van der Waals surface area contributed by atoms with Crippen LogP contribution in [0, 0.1) is 11.8 Å². The highest BCUT2D eigenvalue weighted by molar-refractivity contribution is 5.79. The quantitative estimate of drug-likeness (QED) is 0.790. The molecule has 2 fully saturated rings. The number of amides is 1. The van der Waals surface area contributed by atoms with Gasteiger partial charge in [0.1, 0.15) is 0 Å². The lowest BCUT2D eigenvalue weighted by atomic mass is 9.94. The first-order chi connectivity index (χ1) is 7.76. The van der Waals surface area contributed by atoms with E-state index in [0.29, 0.717) is 17.9 Å². The number of nitrogens with zero attached hydrogens (tertiary/aromatic N) is 1. The summed E-state index contributed by atoms with van der Waals surface area (Å²) in [6, 6.07) is 0.576. The zero-order valence-electron chi connectivity index (χ0n) is 10.5. The number of piperidine rings is 1. The summed E-state index contributed by atoms with van der Waals surface area (Å²) in [7, 11) is 0. The van der Waals surface area contributed by atoms with E-state index < -0.39 is 0 Å². The van der Waals surface area contributed by atoms with Crippen LogP contribution in [-0.4, -0.2) is 36.5 Å². The summed E-state index contributed by atoms with van der Waals surface area (Å²) in [4.78, 5) is 14.4. The lowest BCUT2D eigenvalue weighted by Crippen LogP contribution is -2.41. The normalized spacial score (nSPS) is 29.6. The zero-order chi connectivity index (χ0) is 11.5. The molecule has 1 N–H and O–H groups in total. The standard InChI is InChI=1S/C13H24N2O/c1-3-10(4-2)13(16)15-8-11-6-5-7-14-12(11)9-15/h10-12,14H,3-9H2,1-2H3/t11-,12+/m0/s1. The van der Waals surface area contributed by atoms with Crippen molar-refractivity contribution in [1.29, 1.82) is 0 Å². The molecule has 0 aliphatic carbocycles. The van der Waals surface area contributed by atoms with Gasteiger partial charge in [0.15, 0.2) is 0 Å². The number of fused-ring (bicyclic) bond motifs is 1. The van der Waals surface area contributed by atoms with Gasteiger partial charge < -0.3 is 10.2 Å². The number of hydrogen-bond donors (Lipinski definition) is 1. The van der Waals surface area contributed by atoms with Gasteiger partial charge in [0.05, 0.1) is 0 Å². The molecule has 16 heavy (non-hydrogen) atoms. The third-order valence-corrected chi connectivity index (χ3v) is 4.25. The van der Waals surface area contributed by atoms with E-state index in [9.17, 15) is 4.79 Å². The summed E-state index contributed by atoms with van der Waals surface area (Å²) in [5.74, 6) is 1.36. The van der Waals surface area contributed by atoms with Crippen molar-refractivity contribution < 1.29 is 4.79 Å². The number of hydrogen-bond acceptors (Lipinski definition) is 2. The highest BCUT2D eigenvalue weighted by atomic mass is 16.2. The van der Waals surface area contributed by atoms with Crippen molar-refractivity contribution in [2.75, 3.05) is 19.6 Å². The van der Waals surface area contributed by atoms with Crippen LogP contribution >= 0.6 is 0 Å². The number of nitrogens with one attached hydrogen (secondary N) is 1. The maximum Gasteiger partial charge on any atom is 0.225 e. The maximum atomic E-state index is 12.2. The fourth-order valence-corrected chi connectivity index (χ4v) is 3.12. The van der Waals surface area contributed by atoms with Gasteiger partial charge in [-0.1, -0.05) is 13.8 Å². The van der Waals surface area contributed by atoms with Gasteiger partial charge in [-0.15, -0.1) is 0 Å². The molecule has 3 nitrogen and oxygen atoms in total. The van der Waals surface area contributed by atoms with Crippen LogP contribution in [0.3, 0.4) is 0 Å². The number of rotatable bonds is 3. The van der Waals surface area contributed by atoms with Crippen LogP contribution in [-0.2, 0) is 4.79 Å². The minimum atomic E-state index is 0.250. The molecule has 2 aliphatic heterocycles. The molecule has 2 atom stereocenters. The van der Waals surface area contributed by atoms with E-state index in [2.05, 4.69) is 24.1 Å². The van der Waals surface area contributed by atoms with Gasteiger partial charge in [0.2, 0.25) is 5.91 Å². The van der Waals surface area contributed by atoms with Gasteiger partial charge in [0.25, 0.3) is 0 Å². The Bertz CT molecular complexity index is 236. The molecule has 2 aliphatic rings. The Morgan fingerprint density at radius 2 is 2.12 bits per heavy atom. The molecule has 2 saturated heterocycles. The highest BCUT2D eigenvalue weighted by Crippen LogP contribution is 2.26. The van der Waals surface area contributed by atoms with Gasteiger partial charge in [-0.2, -0.15) is 0 Å². The Morgan fingerprint density at radius 3 is 2.75 bits per heavy atom. The highest BCUT2D eigenvalue weighted by Gasteiger charge is 2.37. The van der Waals surface area contributed by atoms with E-state index in [4.69, 9.17) is 0 Å². The summed E-state index contributed by atoms with van der Waals surface area (Å²) >= 11 is 0. The van der Waals surface area contributed by atoms with Crippen LogP contribution in [0.25, 0.3) is 0 Å². The van der Waals surface area contributed by atoms with E-state index >= 15 is 0 Å². The third-order valence-electron chi connectivity index (χ3n) is 4.25. The largest absolute Gasteiger partial charge is 0.341 e. The van der Waals surface area contributed by atoms with E-state index in [1.54, 1.807) is 0 Å². The smallest absolute Gasteiger partial charge is 0.225 e. The average molecular weight is 224 g/mol. The molecule has 92 valence electrons. The van der Waals surface area contributed by atoms with Crippen molar-refractivity contribution in [3.8, 4) is 0 Å². The lowest BCUT2D eigenvalue weighted by molar-refractivity contribution is -0.134. The first-order valence-electron chi connectivity index (χ1n) is 6.78. The number of carbonyl (C=O) groups is 1. The molecule has 1 amide bonds. The molecular weight excluding hydrogens is 200 g/mol. The summed E-state index contributed by atoms with van der Waals surface area (Å²) in [5, 5.41) is 3.55. The number of carbonyl (C=O) groups excluding carboxylic acids is 1. The van der Waals surface area contributed by atoms with Crippen molar-refractivity contribution in [3.05, 3.63) is 0 Å². The second-order valence-corrected chi connectivity index (χ2v) is 5.22. The second kappa shape index (κ2) is 5.17.